The van der Waals surface area contributed by atoms with Gasteiger partial charge in [-0.25, -0.2) is 8.42 Å². The molecule has 2 unspecified atom stereocenters. The Morgan fingerprint density at radius 1 is 1.47 bits per heavy atom. The molecule has 86 valence electrons. The molecule has 1 aromatic rings. The third-order valence-electron chi connectivity index (χ3n) is 2.60. The van der Waals surface area contributed by atoms with Crippen LogP contribution in [0.25, 0.3) is 0 Å². The summed E-state index contributed by atoms with van der Waals surface area (Å²) in [6.07, 6.45) is 4.13. The highest BCUT2D eigenvalue weighted by atomic mass is 32.2. The minimum atomic E-state index is -3.15. The number of rotatable bonds is 4. The van der Waals surface area contributed by atoms with E-state index in [2.05, 4.69) is 10.4 Å². The van der Waals surface area contributed by atoms with E-state index in [1.165, 1.54) is 12.5 Å². The molecule has 0 bridgehead atoms. The van der Waals surface area contributed by atoms with Gasteiger partial charge in [-0.1, -0.05) is 0 Å². The number of aromatic nitrogens is 2. The van der Waals surface area contributed by atoms with Crippen molar-refractivity contribution < 1.29 is 8.42 Å². The predicted octanol–water partition coefficient (Wildman–Crippen LogP) is 0.455. The Bertz CT molecular complexity index is 424. The molecule has 1 rings (SSSR count). The van der Waals surface area contributed by atoms with Crippen molar-refractivity contribution in [2.75, 3.05) is 13.3 Å². The highest BCUT2D eigenvalue weighted by Gasteiger charge is 2.16. The smallest absolute Gasteiger partial charge is 0.178 e. The number of likely N-dealkylation sites (N-methyl/N-ethyl adjacent to an activating group) is 1. The molecule has 0 saturated heterocycles. The summed E-state index contributed by atoms with van der Waals surface area (Å²) >= 11 is 0. The van der Waals surface area contributed by atoms with Gasteiger partial charge in [0.25, 0.3) is 0 Å². The molecule has 0 aliphatic heterocycles. The highest BCUT2D eigenvalue weighted by Crippen LogP contribution is 2.13. The summed E-state index contributed by atoms with van der Waals surface area (Å²) in [5.41, 5.74) is 0. The van der Waals surface area contributed by atoms with Gasteiger partial charge in [-0.15, -0.1) is 0 Å². The summed E-state index contributed by atoms with van der Waals surface area (Å²) in [5.74, 6) is 0. The maximum Gasteiger partial charge on any atom is 0.178 e. The summed E-state index contributed by atoms with van der Waals surface area (Å²) in [6, 6.07) is 0.350. The van der Waals surface area contributed by atoms with Crippen LogP contribution in [0.4, 0.5) is 0 Å². The first-order chi connectivity index (χ1) is 6.86. The fourth-order valence-electron chi connectivity index (χ4n) is 1.21. The van der Waals surface area contributed by atoms with E-state index in [0.29, 0.717) is 0 Å². The second-order valence-electron chi connectivity index (χ2n) is 3.75. The van der Waals surface area contributed by atoms with Crippen LogP contribution in [0, 0.1) is 0 Å². The lowest BCUT2D eigenvalue weighted by Gasteiger charge is -2.19. The lowest BCUT2D eigenvalue weighted by atomic mass is 10.2. The fourth-order valence-corrected chi connectivity index (χ4v) is 1.74. The summed E-state index contributed by atoms with van der Waals surface area (Å²) in [7, 11) is -1.29. The van der Waals surface area contributed by atoms with Gasteiger partial charge in [0.05, 0.1) is 12.2 Å². The van der Waals surface area contributed by atoms with Crippen molar-refractivity contribution in [2.45, 2.75) is 30.8 Å². The minimum absolute atomic E-state index is 0.116. The van der Waals surface area contributed by atoms with Crippen LogP contribution >= 0.6 is 0 Å². The van der Waals surface area contributed by atoms with Gasteiger partial charge in [0.15, 0.2) is 9.84 Å². The van der Waals surface area contributed by atoms with Gasteiger partial charge in [0.1, 0.15) is 4.90 Å². The number of hydrogen-bond acceptors (Lipinski definition) is 4. The quantitative estimate of drug-likeness (QED) is 0.817. The molecule has 15 heavy (non-hydrogen) atoms. The first-order valence-corrected chi connectivity index (χ1v) is 6.67. The van der Waals surface area contributed by atoms with Crippen molar-refractivity contribution in [3.8, 4) is 0 Å². The van der Waals surface area contributed by atoms with Crippen molar-refractivity contribution >= 4 is 9.84 Å². The van der Waals surface area contributed by atoms with Crippen molar-refractivity contribution in [3.63, 3.8) is 0 Å². The third-order valence-corrected chi connectivity index (χ3v) is 3.67. The van der Waals surface area contributed by atoms with Crippen LogP contribution in [0.5, 0.6) is 0 Å². The number of nitrogens with one attached hydrogen (secondary N) is 1. The number of hydrogen-bond donors (Lipinski definition) is 1. The standard InChI is InChI=1S/C9H17N3O2S/c1-7(10-3)8(2)12-6-9(5-11-12)15(4,13)14/h5-8,10H,1-4H3. The Kier molecular flexibility index (Phi) is 3.51. The molecule has 1 aromatic heterocycles. The highest BCUT2D eigenvalue weighted by molar-refractivity contribution is 7.90. The molecule has 0 aliphatic rings. The van der Waals surface area contributed by atoms with Crippen LogP contribution in [-0.4, -0.2) is 37.5 Å². The second kappa shape index (κ2) is 4.32. The van der Waals surface area contributed by atoms with Gasteiger partial charge < -0.3 is 5.32 Å². The minimum Gasteiger partial charge on any atom is -0.315 e. The molecule has 0 aromatic carbocycles. The monoisotopic (exact) mass is 231 g/mol. The van der Waals surface area contributed by atoms with Crippen LogP contribution in [0.1, 0.15) is 19.9 Å². The second-order valence-corrected chi connectivity index (χ2v) is 5.76. The van der Waals surface area contributed by atoms with Gasteiger partial charge >= 0.3 is 0 Å². The molecule has 1 N–H and O–H groups in total. The van der Waals surface area contributed by atoms with Crippen LogP contribution in [0.2, 0.25) is 0 Å². The summed E-state index contributed by atoms with van der Waals surface area (Å²) < 4.78 is 24.1. The molecule has 2 atom stereocenters. The Morgan fingerprint density at radius 3 is 2.47 bits per heavy atom. The van der Waals surface area contributed by atoms with Gasteiger partial charge in [0, 0.05) is 18.5 Å². The van der Waals surface area contributed by atoms with E-state index < -0.39 is 9.84 Å². The largest absolute Gasteiger partial charge is 0.315 e. The maximum atomic E-state index is 11.2. The van der Waals surface area contributed by atoms with E-state index >= 15 is 0 Å². The van der Waals surface area contributed by atoms with Gasteiger partial charge in [0.2, 0.25) is 0 Å². The van der Waals surface area contributed by atoms with E-state index in [4.69, 9.17) is 0 Å². The zero-order valence-electron chi connectivity index (χ0n) is 9.43. The maximum absolute atomic E-state index is 11.2. The molecule has 6 heteroatoms. The van der Waals surface area contributed by atoms with Crippen molar-refractivity contribution in [1.29, 1.82) is 0 Å². The van der Waals surface area contributed by atoms with E-state index in [1.807, 2.05) is 20.9 Å². The molecule has 0 amide bonds. The Balaban J connectivity index is 2.94. The molecule has 0 fully saturated rings. The predicted molar refractivity (Wildman–Crippen MR) is 58.6 cm³/mol. The first-order valence-electron chi connectivity index (χ1n) is 4.77. The van der Waals surface area contributed by atoms with Crippen molar-refractivity contribution in [3.05, 3.63) is 12.4 Å². The zero-order chi connectivity index (χ0) is 11.6. The van der Waals surface area contributed by atoms with Crippen LogP contribution in [0.15, 0.2) is 17.3 Å². The van der Waals surface area contributed by atoms with Gasteiger partial charge in [-0.3, -0.25) is 4.68 Å². The molecule has 0 saturated carbocycles. The Hall–Kier alpha value is -0.880. The summed E-state index contributed by atoms with van der Waals surface area (Å²) in [5, 5.41) is 7.15. The van der Waals surface area contributed by atoms with Crippen molar-refractivity contribution in [2.24, 2.45) is 0 Å². The van der Waals surface area contributed by atoms with Crippen LogP contribution < -0.4 is 5.32 Å². The van der Waals surface area contributed by atoms with Crippen LogP contribution in [-0.2, 0) is 9.84 Å². The van der Waals surface area contributed by atoms with E-state index in [1.54, 1.807) is 10.9 Å². The molecule has 1 heterocycles. The van der Waals surface area contributed by atoms with Gasteiger partial charge in [-0.05, 0) is 20.9 Å². The molecule has 0 aliphatic carbocycles. The molecule has 0 spiro atoms. The summed E-state index contributed by atoms with van der Waals surface area (Å²) in [4.78, 5) is 0.262. The SMILES string of the molecule is CNC(C)C(C)n1cc(S(C)(=O)=O)cn1. The zero-order valence-corrected chi connectivity index (χ0v) is 10.2. The lowest BCUT2D eigenvalue weighted by molar-refractivity contribution is 0.384. The molecule has 0 radical (unpaired) electrons. The fraction of sp³-hybridized carbons (Fsp3) is 0.667. The Labute approximate surface area is 90.4 Å². The normalized spacial score (nSPS) is 16.3. The first kappa shape index (κ1) is 12.2. The average Bonchev–Trinajstić information content (AvgIpc) is 2.63. The van der Waals surface area contributed by atoms with Gasteiger partial charge in [-0.2, -0.15) is 5.10 Å². The Morgan fingerprint density at radius 2 is 2.07 bits per heavy atom. The summed E-state index contributed by atoms with van der Waals surface area (Å²) in [6.45, 7) is 4.01. The van der Waals surface area contributed by atoms with Crippen LogP contribution in [0.3, 0.4) is 0 Å². The lowest BCUT2D eigenvalue weighted by Crippen LogP contribution is -2.30. The van der Waals surface area contributed by atoms with E-state index in [-0.39, 0.29) is 17.0 Å². The average molecular weight is 231 g/mol. The van der Waals surface area contributed by atoms with E-state index in [0.717, 1.165) is 0 Å². The third kappa shape index (κ3) is 2.79. The van der Waals surface area contributed by atoms with Crippen molar-refractivity contribution in [1.82, 2.24) is 15.1 Å². The van der Waals surface area contributed by atoms with E-state index in [9.17, 15) is 8.42 Å². The molecule has 5 nitrogen and oxygen atoms in total. The molecular formula is C9H17N3O2S. The number of nitrogens with zero attached hydrogens (tertiary/aromatic N) is 2. The topological polar surface area (TPSA) is 64.0 Å². The molecular weight excluding hydrogens is 214 g/mol. The number of sulfone groups is 1.